The zero-order chi connectivity index (χ0) is 22.6. The number of aromatic amines is 1. The van der Waals surface area contributed by atoms with E-state index in [1.54, 1.807) is 14.2 Å². The van der Waals surface area contributed by atoms with Crippen LogP contribution in [0.4, 0.5) is 0 Å². The van der Waals surface area contributed by atoms with E-state index in [9.17, 15) is 9.59 Å². The fraction of sp³-hybridized carbons (Fsp3) is 0.385. The zero-order valence-corrected chi connectivity index (χ0v) is 19.0. The van der Waals surface area contributed by atoms with Crippen LogP contribution in [0.3, 0.4) is 0 Å². The summed E-state index contributed by atoms with van der Waals surface area (Å²) in [5, 5.41) is 0.967. The predicted molar refractivity (Wildman–Crippen MR) is 124 cm³/mol. The number of ether oxygens (including phenoxy) is 2. The SMILES string of the molecule is COc1cc2c(cc1OC)[C@H](c1cc3ccc(C)c(C)c3[nH]c1=O)N(C(=O)C1CC1)CC2. The number of rotatable bonds is 4. The molecule has 1 aromatic heterocycles. The van der Waals surface area contributed by atoms with Gasteiger partial charge in [0.05, 0.1) is 25.8 Å². The number of aryl methyl sites for hydroxylation is 2. The Morgan fingerprint density at radius 1 is 1.03 bits per heavy atom. The molecule has 2 aromatic carbocycles. The first kappa shape index (κ1) is 20.6. The molecular weight excluding hydrogens is 404 g/mol. The fourth-order valence-corrected chi connectivity index (χ4v) is 4.83. The summed E-state index contributed by atoms with van der Waals surface area (Å²) in [5.74, 6) is 1.46. The van der Waals surface area contributed by atoms with Crippen molar-refractivity contribution in [1.82, 2.24) is 9.88 Å². The largest absolute Gasteiger partial charge is 0.493 e. The third-order valence-corrected chi connectivity index (χ3v) is 6.96. The van der Waals surface area contributed by atoms with Gasteiger partial charge < -0.3 is 19.4 Å². The van der Waals surface area contributed by atoms with Crippen molar-refractivity contribution in [2.45, 2.75) is 39.2 Å². The summed E-state index contributed by atoms with van der Waals surface area (Å²) in [7, 11) is 3.22. The van der Waals surface area contributed by atoms with Gasteiger partial charge in [0.15, 0.2) is 11.5 Å². The summed E-state index contributed by atoms with van der Waals surface area (Å²) >= 11 is 0. The molecule has 1 fully saturated rings. The molecular formula is C26H28N2O4. The minimum Gasteiger partial charge on any atom is -0.493 e. The van der Waals surface area contributed by atoms with Crippen LogP contribution in [0.1, 0.15) is 46.7 Å². The van der Waals surface area contributed by atoms with E-state index in [1.807, 2.05) is 43.0 Å². The van der Waals surface area contributed by atoms with Crippen LogP contribution in [0.25, 0.3) is 10.9 Å². The number of hydrogen-bond acceptors (Lipinski definition) is 4. The van der Waals surface area contributed by atoms with Crippen LogP contribution in [0.2, 0.25) is 0 Å². The Morgan fingerprint density at radius 3 is 2.44 bits per heavy atom. The summed E-state index contributed by atoms with van der Waals surface area (Å²) in [6, 6.07) is 9.49. The van der Waals surface area contributed by atoms with Crippen molar-refractivity contribution in [2.75, 3.05) is 20.8 Å². The number of H-pyrrole nitrogens is 1. The van der Waals surface area contributed by atoms with Crippen LogP contribution in [-0.4, -0.2) is 36.6 Å². The monoisotopic (exact) mass is 432 g/mol. The molecule has 1 atom stereocenters. The van der Waals surface area contributed by atoms with E-state index in [1.165, 1.54) is 0 Å². The van der Waals surface area contributed by atoms with Gasteiger partial charge in [0.1, 0.15) is 0 Å². The van der Waals surface area contributed by atoms with Gasteiger partial charge in [0.2, 0.25) is 5.91 Å². The Balaban J connectivity index is 1.73. The van der Waals surface area contributed by atoms with Gasteiger partial charge in [-0.1, -0.05) is 12.1 Å². The minimum absolute atomic E-state index is 0.0728. The van der Waals surface area contributed by atoms with Crippen molar-refractivity contribution >= 4 is 16.8 Å². The number of methoxy groups -OCH3 is 2. The van der Waals surface area contributed by atoms with Crippen molar-refractivity contribution in [2.24, 2.45) is 5.92 Å². The number of benzene rings is 2. The van der Waals surface area contributed by atoms with Gasteiger partial charge >= 0.3 is 0 Å². The van der Waals surface area contributed by atoms with Crippen molar-refractivity contribution in [3.8, 4) is 11.5 Å². The Bertz CT molecular complexity index is 1290. The third-order valence-electron chi connectivity index (χ3n) is 6.96. The Hall–Kier alpha value is -3.28. The molecule has 0 saturated heterocycles. The first-order valence-electron chi connectivity index (χ1n) is 11.1. The Kier molecular flexibility index (Phi) is 4.96. The third kappa shape index (κ3) is 3.25. The van der Waals surface area contributed by atoms with Crippen molar-refractivity contribution in [3.63, 3.8) is 0 Å². The van der Waals surface area contributed by atoms with Crippen LogP contribution < -0.4 is 15.0 Å². The highest BCUT2D eigenvalue weighted by atomic mass is 16.5. The van der Waals surface area contributed by atoms with Crippen LogP contribution in [0.5, 0.6) is 11.5 Å². The average molecular weight is 433 g/mol. The van der Waals surface area contributed by atoms with E-state index in [4.69, 9.17) is 9.47 Å². The minimum atomic E-state index is -0.457. The van der Waals surface area contributed by atoms with Gasteiger partial charge in [-0.3, -0.25) is 9.59 Å². The second-order valence-corrected chi connectivity index (χ2v) is 8.89. The fourth-order valence-electron chi connectivity index (χ4n) is 4.83. The van der Waals surface area contributed by atoms with Crippen LogP contribution in [0, 0.1) is 19.8 Å². The lowest BCUT2D eigenvalue weighted by molar-refractivity contribution is -0.134. The molecule has 2 heterocycles. The molecule has 1 aliphatic carbocycles. The highest BCUT2D eigenvalue weighted by Gasteiger charge is 2.40. The van der Waals surface area contributed by atoms with Gasteiger partial charge in [-0.2, -0.15) is 0 Å². The molecule has 1 N–H and O–H groups in total. The highest BCUT2D eigenvalue weighted by Crippen LogP contribution is 2.43. The molecule has 6 nitrogen and oxygen atoms in total. The standard InChI is InChI=1S/C26H28N2O4/c1-14-5-6-18-11-20(25(29)27-23(18)15(14)2)24-19-13-22(32-4)21(31-3)12-17(19)9-10-28(24)26(30)16-7-8-16/h5-6,11-13,16,24H,7-10H2,1-4H3,(H,27,29)/t24-/m1/s1. The first-order chi connectivity index (χ1) is 15.4. The number of fused-ring (bicyclic) bond motifs is 2. The molecule has 0 spiro atoms. The first-order valence-corrected chi connectivity index (χ1v) is 11.1. The van der Waals surface area contributed by atoms with Gasteiger partial charge in [0.25, 0.3) is 5.56 Å². The van der Waals surface area contributed by atoms with E-state index in [0.29, 0.717) is 30.0 Å². The van der Waals surface area contributed by atoms with Crippen LogP contribution >= 0.6 is 0 Å². The van der Waals surface area contributed by atoms with Crippen LogP contribution in [-0.2, 0) is 11.2 Å². The van der Waals surface area contributed by atoms with Crippen molar-refractivity contribution in [1.29, 1.82) is 0 Å². The molecule has 5 rings (SSSR count). The lowest BCUT2D eigenvalue weighted by atomic mass is 9.87. The molecule has 2 aliphatic rings. The normalized spacial score (nSPS) is 17.9. The number of carbonyl (C=O) groups excluding carboxylic acids is 1. The number of aromatic nitrogens is 1. The van der Waals surface area contributed by atoms with E-state index >= 15 is 0 Å². The molecule has 6 heteroatoms. The molecule has 166 valence electrons. The summed E-state index contributed by atoms with van der Waals surface area (Å²) in [6.45, 7) is 4.63. The van der Waals surface area contributed by atoms with Gasteiger partial charge in [-0.15, -0.1) is 0 Å². The maximum Gasteiger partial charge on any atom is 0.254 e. The second kappa shape index (κ2) is 7.69. The van der Waals surface area contributed by atoms with Crippen molar-refractivity contribution in [3.05, 3.63) is 68.5 Å². The number of amides is 1. The predicted octanol–water partition coefficient (Wildman–Crippen LogP) is 4.05. The van der Waals surface area contributed by atoms with E-state index in [-0.39, 0.29) is 17.4 Å². The summed E-state index contributed by atoms with van der Waals surface area (Å²) in [4.78, 5) is 31.6. The van der Waals surface area contributed by atoms with E-state index in [0.717, 1.165) is 46.0 Å². The number of pyridine rings is 1. The molecule has 1 aliphatic heterocycles. The van der Waals surface area contributed by atoms with Crippen LogP contribution in [0.15, 0.2) is 35.1 Å². The maximum atomic E-state index is 13.4. The van der Waals surface area contributed by atoms with Gasteiger partial charge in [-0.25, -0.2) is 0 Å². The summed E-state index contributed by atoms with van der Waals surface area (Å²) < 4.78 is 11.1. The van der Waals surface area contributed by atoms with Gasteiger partial charge in [0, 0.05) is 18.0 Å². The number of carbonyl (C=O) groups is 1. The molecule has 0 unspecified atom stereocenters. The smallest absolute Gasteiger partial charge is 0.254 e. The van der Waals surface area contributed by atoms with E-state index < -0.39 is 6.04 Å². The quantitative estimate of drug-likeness (QED) is 0.675. The number of nitrogens with zero attached hydrogens (tertiary/aromatic N) is 1. The van der Waals surface area contributed by atoms with E-state index in [2.05, 4.69) is 11.1 Å². The molecule has 0 bridgehead atoms. The van der Waals surface area contributed by atoms with Crippen molar-refractivity contribution < 1.29 is 14.3 Å². The summed E-state index contributed by atoms with van der Waals surface area (Å²) in [6.07, 6.45) is 2.56. The topological polar surface area (TPSA) is 71.6 Å². The average Bonchev–Trinajstić information content (AvgIpc) is 3.65. The number of nitrogens with one attached hydrogen (secondary N) is 1. The van der Waals surface area contributed by atoms with Gasteiger partial charge in [-0.05, 0) is 78.9 Å². The highest BCUT2D eigenvalue weighted by molar-refractivity contribution is 5.85. The Morgan fingerprint density at radius 2 is 1.75 bits per heavy atom. The Labute approximate surface area is 187 Å². The molecule has 32 heavy (non-hydrogen) atoms. The molecule has 1 amide bonds. The maximum absolute atomic E-state index is 13.4. The molecule has 0 radical (unpaired) electrons. The molecule has 3 aromatic rings. The zero-order valence-electron chi connectivity index (χ0n) is 19.0. The summed E-state index contributed by atoms with van der Waals surface area (Å²) in [5.41, 5.74) is 5.47. The lowest BCUT2D eigenvalue weighted by Crippen LogP contribution is -2.43. The molecule has 1 saturated carbocycles. The lowest BCUT2D eigenvalue weighted by Gasteiger charge is -2.38. The second-order valence-electron chi connectivity index (χ2n) is 8.89. The number of hydrogen-bond donors (Lipinski definition) is 1.